The molecular formula is C55H32N4O2. The van der Waals surface area contributed by atoms with Crippen LogP contribution in [0.25, 0.3) is 127 Å². The zero-order valence-electron chi connectivity index (χ0n) is 32.6. The van der Waals surface area contributed by atoms with Crippen molar-refractivity contribution in [3.8, 4) is 51.0 Å². The van der Waals surface area contributed by atoms with Crippen molar-refractivity contribution in [2.75, 3.05) is 0 Å². The summed E-state index contributed by atoms with van der Waals surface area (Å²) in [5, 5.41) is 8.62. The van der Waals surface area contributed by atoms with Gasteiger partial charge in [0.2, 0.25) is 0 Å². The van der Waals surface area contributed by atoms with E-state index in [0.717, 1.165) is 77.3 Å². The largest absolute Gasteiger partial charge is 0.456 e. The van der Waals surface area contributed by atoms with Gasteiger partial charge in [0.1, 0.15) is 22.3 Å². The Morgan fingerprint density at radius 2 is 0.902 bits per heavy atom. The number of fused-ring (bicyclic) bond motifs is 10. The zero-order chi connectivity index (χ0) is 40.0. The molecule has 0 aliphatic rings. The number of furan rings is 2. The molecule has 61 heavy (non-hydrogen) atoms. The van der Waals surface area contributed by atoms with Gasteiger partial charge in [-0.25, -0.2) is 15.0 Å². The average molecular weight is 781 g/mol. The average Bonchev–Trinajstić information content (AvgIpc) is 4.00. The number of para-hydroxylation sites is 2. The maximum Gasteiger partial charge on any atom is 0.164 e. The van der Waals surface area contributed by atoms with Crippen molar-refractivity contribution in [1.82, 2.24) is 19.5 Å². The Kier molecular flexibility index (Phi) is 7.21. The van der Waals surface area contributed by atoms with Crippen molar-refractivity contribution < 1.29 is 8.83 Å². The van der Waals surface area contributed by atoms with Crippen LogP contribution in [0.4, 0.5) is 0 Å². The van der Waals surface area contributed by atoms with E-state index in [-0.39, 0.29) is 0 Å². The molecule has 0 aliphatic carbocycles. The van der Waals surface area contributed by atoms with Crippen LogP contribution in [-0.2, 0) is 0 Å². The predicted molar refractivity (Wildman–Crippen MR) is 248 cm³/mol. The van der Waals surface area contributed by atoms with Crippen LogP contribution in [0.15, 0.2) is 203 Å². The fraction of sp³-hybridized carbons (Fsp3) is 0. The summed E-state index contributed by atoms with van der Waals surface area (Å²) >= 11 is 0. The molecule has 4 heterocycles. The van der Waals surface area contributed by atoms with Crippen LogP contribution in [-0.4, -0.2) is 19.5 Å². The van der Waals surface area contributed by atoms with E-state index < -0.39 is 0 Å². The monoisotopic (exact) mass is 780 g/mol. The highest BCUT2D eigenvalue weighted by molar-refractivity contribution is 6.17. The van der Waals surface area contributed by atoms with E-state index in [0.29, 0.717) is 17.5 Å². The summed E-state index contributed by atoms with van der Waals surface area (Å²) in [5.74, 6) is 1.68. The third-order valence-electron chi connectivity index (χ3n) is 12.0. The molecule has 4 aromatic heterocycles. The van der Waals surface area contributed by atoms with E-state index in [1.165, 1.54) is 32.7 Å². The first-order valence-electron chi connectivity index (χ1n) is 20.4. The first-order valence-corrected chi connectivity index (χ1v) is 20.4. The van der Waals surface area contributed by atoms with Gasteiger partial charge in [-0.3, -0.25) is 0 Å². The number of hydrogen-bond donors (Lipinski definition) is 0. The van der Waals surface area contributed by atoms with Gasteiger partial charge in [-0.15, -0.1) is 0 Å². The SMILES string of the molecule is c1ccc(-c2ccc3c(c2)c2cc4ccccc4cc2n3-c2cc(-c3nc(-c4ccccc4)nc(-c4cccc5oc6ccccc6c45)n3)c3c(c2)oc2ccccc23)cc1. The molecule has 0 N–H and O–H groups in total. The van der Waals surface area contributed by atoms with Gasteiger partial charge in [-0.2, -0.15) is 0 Å². The van der Waals surface area contributed by atoms with Crippen molar-refractivity contribution in [2.24, 2.45) is 0 Å². The molecule has 0 saturated carbocycles. The van der Waals surface area contributed by atoms with Gasteiger partial charge < -0.3 is 13.4 Å². The maximum atomic E-state index is 6.75. The number of nitrogens with zero attached hydrogens (tertiary/aromatic N) is 4. The lowest BCUT2D eigenvalue weighted by molar-refractivity contribution is 0.668. The molecule has 0 radical (unpaired) electrons. The van der Waals surface area contributed by atoms with Gasteiger partial charge in [0.25, 0.3) is 0 Å². The van der Waals surface area contributed by atoms with Gasteiger partial charge >= 0.3 is 0 Å². The van der Waals surface area contributed by atoms with Crippen LogP contribution in [0.2, 0.25) is 0 Å². The molecule has 6 heteroatoms. The summed E-state index contributed by atoms with van der Waals surface area (Å²) in [6, 6.07) is 67.5. The highest BCUT2D eigenvalue weighted by Gasteiger charge is 2.23. The molecule has 0 fully saturated rings. The van der Waals surface area contributed by atoms with Crippen LogP contribution in [0.1, 0.15) is 0 Å². The highest BCUT2D eigenvalue weighted by atomic mass is 16.3. The van der Waals surface area contributed by atoms with Gasteiger partial charge in [0, 0.05) is 55.1 Å². The Bertz CT molecular complexity index is 3880. The number of benzene rings is 9. The molecule has 0 unspecified atom stereocenters. The summed E-state index contributed by atoms with van der Waals surface area (Å²) in [6.07, 6.45) is 0. The van der Waals surface area contributed by atoms with Gasteiger partial charge in [0.05, 0.1) is 16.7 Å². The quantitative estimate of drug-likeness (QED) is 0.174. The predicted octanol–water partition coefficient (Wildman–Crippen LogP) is 14.6. The molecule has 9 aromatic carbocycles. The first kappa shape index (κ1) is 33.6. The lowest BCUT2D eigenvalue weighted by Gasteiger charge is -2.13. The molecule has 0 aliphatic heterocycles. The van der Waals surface area contributed by atoms with Crippen LogP contribution in [0.3, 0.4) is 0 Å². The Morgan fingerprint density at radius 1 is 0.328 bits per heavy atom. The van der Waals surface area contributed by atoms with E-state index in [1.54, 1.807) is 0 Å². The van der Waals surface area contributed by atoms with Crippen LogP contribution < -0.4 is 0 Å². The first-order chi connectivity index (χ1) is 30.2. The van der Waals surface area contributed by atoms with E-state index >= 15 is 0 Å². The molecule has 0 saturated heterocycles. The highest BCUT2D eigenvalue weighted by Crippen LogP contribution is 2.43. The molecule has 0 bridgehead atoms. The summed E-state index contributed by atoms with van der Waals surface area (Å²) < 4.78 is 15.5. The Hall–Kier alpha value is -8.35. The van der Waals surface area contributed by atoms with E-state index in [2.05, 4.69) is 126 Å². The van der Waals surface area contributed by atoms with Crippen LogP contribution in [0, 0.1) is 0 Å². The van der Waals surface area contributed by atoms with Crippen LogP contribution >= 0.6 is 0 Å². The number of rotatable bonds is 5. The molecular weight excluding hydrogens is 749 g/mol. The summed E-state index contributed by atoms with van der Waals surface area (Å²) in [6.45, 7) is 0. The molecule has 13 rings (SSSR count). The van der Waals surface area contributed by atoms with Crippen LogP contribution in [0.5, 0.6) is 0 Å². The lowest BCUT2D eigenvalue weighted by Crippen LogP contribution is -2.02. The van der Waals surface area contributed by atoms with Crippen molar-refractivity contribution in [2.45, 2.75) is 0 Å². The summed E-state index contributed by atoms with van der Waals surface area (Å²) in [4.78, 5) is 15.9. The van der Waals surface area contributed by atoms with E-state index in [9.17, 15) is 0 Å². The van der Waals surface area contributed by atoms with E-state index in [4.69, 9.17) is 23.8 Å². The van der Waals surface area contributed by atoms with Crippen molar-refractivity contribution >= 4 is 76.5 Å². The molecule has 0 amide bonds. The molecule has 13 aromatic rings. The molecule has 284 valence electrons. The smallest absolute Gasteiger partial charge is 0.164 e. The third-order valence-corrected chi connectivity index (χ3v) is 12.0. The van der Waals surface area contributed by atoms with Crippen molar-refractivity contribution in [3.05, 3.63) is 194 Å². The summed E-state index contributed by atoms with van der Waals surface area (Å²) in [7, 11) is 0. The molecule has 0 atom stereocenters. The topological polar surface area (TPSA) is 69.9 Å². The summed E-state index contributed by atoms with van der Waals surface area (Å²) in [5.41, 5.74) is 11.2. The normalized spacial score (nSPS) is 11.9. The Morgan fingerprint density at radius 3 is 1.66 bits per heavy atom. The second-order valence-corrected chi connectivity index (χ2v) is 15.6. The second-order valence-electron chi connectivity index (χ2n) is 15.6. The Labute approximate surface area is 348 Å². The van der Waals surface area contributed by atoms with Gasteiger partial charge in [0.15, 0.2) is 17.5 Å². The van der Waals surface area contributed by atoms with Gasteiger partial charge in [-0.05, 0) is 70.4 Å². The van der Waals surface area contributed by atoms with Crippen molar-refractivity contribution in [3.63, 3.8) is 0 Å². The molecule has 6 nitrogen and oxygen atoms in total. The standard InChI is InChI=1S/C55H32N4O2/c1-3-14-33(15-4-1)37-26-27-45-42(29-37)43-28-35-18-7-8-19-36(35)30-46(43)59(45)38-31-44(52-40-21-10-12-24-48(40)61-50(52)32-38)55-57-53(34-16-5-2-6-17-34)56-54(58-55)41-22-13-25-49-51(41)39-20-9-11-23-47(39)60-49/h1-32H. The van der Waals surface area contributed by atoms with Crippen molar-refractivity contribution in [1.29, 1.82) is 0 Å². The fourth-order valence-electron chi connectivity index (χ4n) is 9.23. The Balaban J connectivity index is 1.13. The zero-order valence-corrected chi connectivity index (χ0v) is 32.6. The lowest BCUT2D eigenvalue weighted by atomic mass is 10.0. The molecule has 0 spiro atoms. The minimum Gasteiger partial charge on any atom is -0.456 e. The van der Waals surface area contributed by atoms with Gasteiger partial charge in [-0.1, -0.05) is 140 Å². The minimum absolute atomic E-state index is 0.546. The van der Waals surface area contributed by atoms with E-state index in [1.807, 2.05) is 72.8 Å². The second kappa shape index (κ2) is 13.1. The number of aromatic nitrogens is 4. The minimum atomic E-state index is 0.546. The third kappa shape index (κ3) is 5.26. The maximum absolute atomic E-state index is 6.75. The number of hydrogen-bond acceptors (Lipinski definition) is 5. The fourth-order valence-corrected chi connectivity index (χ4v) is 9.23.